The number of nitrogens with zero attached hydrogens (tertiary/aromatic N) is 1. The van der Waals surface area contributed by atoms with E-state index in [4.69, 9.17) is 15.6 Å². The van der Waals surface area contributed by atoms with Crippen LogP contribution in [0.1, 0.15) is 35.2 Å². The van der Waals surface area contributed by atoms with Gasteiger partial charge in [0.15, 0.2) is 5.78 Å². The fraction of sp³-hybridized carbons (Fsp3) is 0.364. The van der Waals surface area contributed by atoms with E-state index >= 15 is 0 Å². The van der Waals surface area contributed by atoms with Gasteiger partial charge in [0.1, 0.15) is 0 Å². The number of piperidine rings is 1. The molecule has 168 valence electrons. The van der Waals surface area contributed by atoms with E-state index in [9.17, 15) is 23.1 Å². The highest BCUT2D eigenvalue weighted by molar-refractivity contribution is 5.97. The maximum atomic E-state index is 12.4. The molecule has 2 aromatic rings. The number of aliphatic carboxylic acids is 1. The molecule has 0 amide bonds. The molecular formula is C22H25F3N2O4. The Hall–Kier alpha value is -2.91. The van der Waals surface area contributed by atoms with Crippen molar-refractivity contribution in [3.63, 3.8) is 0 Å². The van der Waals surface area contributed by atoms with Crippen molar-refractivity contribution >= 4 is 17.4 Å². The summed E-state index contributed by atoms with van der Waals surface area (Å²) in [6, 6.07) is 17.2. The van der Waals surface area contributed by atoms with Gasteiger partial charge in [-0.3, -0.25) is 9.69 Å². The van der Waals surface area contributed by atoms with Crippen molar-refractivity contribution in [1.82, 2.24) is 4.90 Å². The summed E-state index contributed by atoms with van der Waals surface area (Å²) in [6.07, 6.45) is -3.66. The molecule has 6 nitrogen and oxygen atoms in total. The molecule has 0 radical (unpaired) electrons. The minimum Gasteiger partial charge on any atom is -0.475 e. The Morgan fingerprint density at radius 2 is 1.52 bits per heavy atom. The normalized spacial score (nSPS) is 16.1. The molecule has 1 aliphatic rings. The van der Waals surface area contributed by atoms with Gasteiger partial charge in [-0.05, 0) is 42.7 Å². The van der Waals surface area contributed by atoms with Crippen LogP contribution in [-0.2, 0) is 11.3 Å². The molecule has 1 saturated heterocycles. The van der Waals surface area contributed by atoms with Crippen LogP contribution < -0.4 is 5.73 Å². The van der Waals surface area contributed by atoms with Crippen LogP contribution in [0.3, 0.4) is 0 Å². The van der Waals surface area contributed by atoms with Gasteiger partial charge in [0.05, 0.1) is 5.60 Å². The molecule has 0 bridgehead atoms. The standard InChI is InChI=1S/C20H24N2O2.C2HF3O2/c21-18-8-6-17(7-9-18)19(23)14-20(24)10-12-22(13-11-20)15-16-4-2-1-3-5-16;3-2(4,5)1(6)7/h1-9,24H,10-15,21H2;(H,6,7). The second-order valence-corrected chi connectivity index (χ2v) is 7.51. The topological polar surface area (TPSA) is 104 Å². The molecule has 0 aliphatic carbocycles. The van der Waals surface area contributed by atoms with Gasteiger partial charge >= 0.3 is 12.1 Å². The first-order chi connectivity index (χ1) is 14.5. The fourth-order valence-electron chi connectivity index (χ4n) is 3.22. The maximum absolute atomic E-state index is 12.4. The second-order valence-electron chi connectivity index (χ2n) is 7.51. The van der Waals surface area contributed by atoms with Crippen LogP contribution in [0.15, 0.2) is 54.6 Å². The molecule has 4 N–H and O–H groups in total. The van der Waals surface area contributed by atoms with Crippen molar-refractivity contribution in [3.8, 4) is 0 Å². The molecule has 31 heavy (non-hydrogen) atoms. The number of nitrogen functional groups attached to an aromatic ring is 1. The number of rotatable bonds is 5. The third kappa shape index (κ3) is 8.03. The number of Topliss-reactive ketones (excluding diaryl/α,β-unsaturated/α-hetero) is 1. The van der Waals surface area contributed by atoms with E-state index < -0.39 is 17.7 Å². The predicted molar refractivity (Wildman–Crippen MR) is 109 cm³/mol. The summed E-state index contributed by atoms with van der Waals surface area (Å²) in [5.41, 5.74) is 7.28. The minimum absolute atomic E-state index is 0.0194. The molecule has 1 fully saturated rings. The number of ketones is 1. The highest BCUT2D eigenvalue weighted by Crippen LogP contribution is 2.28. The van der Waals surface area contributed by atoms with E-state index in [-0.39, 0.29) is 12.2 Å². The van der Waals surface area contributed by atoms with Crippen LogP contribution in [0.4, 0.5) is 18.9 Å². The average Bonchev–Trinajstić information content (AvgIpc) is 2.71. The van der Waals surface area contributed by atoms with E-state index in [1.54, 1.807) is 24.3 Å². The summed E-state index contributed by atoms with van der Waals surface area (Å²) in [6.45, 7) is 2.50. The first-order valence-corrected chi connectivity index (χ1v) is 9.66. The molecule has 0 aromatic heterocycles. The molecule has 0 spiro atoms. The van der Waals surface area contributed by atoms with E-state index in [0.29, 0.717) is 24.1 Å². The molecule has 0 saturated carbocycles. The summed E-state index contributed by atoms with van der Waals surface area (Å²) in [7, 11) is 0. The van der Waals surface area contributed by atoms with E-state index in [1.807, 2.05) is 18.2 Å². The van der Waals surface area contributed by atoms with Crippen LogP contribution >= 0.6 is 0 Å². The van der Waals surface area contributed by atoms with Crippen molar-refractivity contribution in [1.29, 1.82) is 0 Å². The number of carboxylic acids is 1. The number of halogens is 3. The van der Waals surface area contributed by atoms with Gasteiger partial charge in [-0.25, -0.2) is 4.79 Å². The molecule has 2 aromatic carbocycles. The number of carbonyl (C=O) groups is 2. The lowest BCUT2D eigenvalue weighted by Gasteiger charge is -2.38. The lowest BCUT2D eigenvalue weighted by atomic mass is 9.85. The molecule has 0 unspecified atom stereocenters. The van der Waals surface area contributed by atoms with Gasteiger partial charge in [-0.1, -0.05) is 30.3 Å². The van der Waals surface area contributed by atoms with Crippen LogP contribution in [0.25, 0.3) is 0 Å². The first kappa shape index (κ1) is 24.4. The summed E-state index contributed by atoms with van der Waals surface area (Å²) in [4.78, 5) is 23.6. The lowest BCUT2D eigenvalue weighted by molar-refractivity contribution is -0.192. The smallest absolute Gasteiger partial charge is 0.475 e. The van der Waals surface area contributed by atoms with Gasteiger partial charge in [-0.15, -0.1) is 0 Å². The first-order valence-electron chi connectivity index (χ1n) is 9.66. The van der Waals surface area contributed by atoms with Gasteiger partial charge in [0.2, 0.25) is 0 Å². The zero-order valence-corrected chi connectivity index (χ0v) is 16.8. The number of likely N-dealkylation sites (tertiary alicyclic amines) is 1. The Labute approximate surface area is 178 Å². The van der Waals surface area contributed by atoms with Crippen molar-refractivity contribution in [2.24, 2.45) is 0 Å². The Morgan fingerprint density at radius 3 is 2.00 bits per heavy atom. The Balaban J connectivity index is 0.000000423. The van der Waals surface area contributed by atoms with Crippen LogP contribution in [0, 0.1) is 0 Å². The predicted octanol–water partition coefficient (Wildman–Crippen LogP) is 3.50. The fourth-order valence-corrected chi connectivity index (χ4v) is 3.22. The Kier molecular flexibility index (Phi) is 8.18. The molecule has 9 heteroatoms. The van der Waals surface area contributed by atoms with Crippen LogP contribution in [0.2, 0.25) is 0 Å². The summed E-state index contributed by atoms with van der Waals surface area (Å²) < 4.78 is 31.7. The SMILES string of the molecule is Nc1ccc(C(=O)CC2(O)CCN(Cc3ccccc3)CC2)cc1.O=C(O)C(F)(F)F. The van der Waals surface area contributed by atoms with Crippen LogP contribution in [-0.4, -0.2) is 51.7 Å². The Bertz CT molecular complexity index is 863. The Morgan fingerprint density at radius 1 is 1.00 bits per heavy atom. The summed E-state index contributed by atoms with van der Waals surface area (Å²) >= 11 is 0. The largest absolute Gasteiger partial charge is 0.490 e. The zero-order valence-electron chi connectivity index (χ0n) is 16.8. The number of aliphatic hydroxyl groups is 1. The van der Waals surface area contributed by atoms with Crippen molar-refractivity contribution in [3.05, 3.63) is 65.7 Å². The average molecular weight is 438 g/mol. The number of anilines is 1. The number of alkyl halides is 3. The number of hydrogen-bond donors (Lipinski definition) is 3. The van der Waals surface area contributed by atoms with Gasteiger partial charge < -0.3 is 15.9 Å². The van der Waals surface area contributed by atoms with E-state index in [1.165, 1.54) is 5.56 Å². The van der Waals surface area contributed by atoms with E-state index in [0.717, 1.165) is 19.6 Å². The number of nitrogens with two attached hydrogens (primary N) is 1. The maximum Gasteiger partial charge on any atom is 0.490 e. The highest BCUT2D eigenvalue weighted by atomic mass is 19.4. The third-order valence-electron chi connectivity index (χ3n) is 5.00. The summed E-state index contributed by atoms with van der Waals surface area (Å²) in [5, 5.41) is 17.9. The quantitative estimate of drug-likeness (QED) is 0.488. The molecular weight excluding hydrogens is 413 g/mol. The van der Waals surface area contributed by atoms with Gasteiger partial charge in [0, 0.05) is 37.3 Å². The zero-order chi connectivity index (χ0) is 23.1. The monoisotopic (exact) mass is 438 g/mol. The number of benzene rings is 2. The molecule has 3 rings (SSSR count). The van der Waals surface area contributed by atoms with E-state index in [2.05, 4.69) is 17.0 Å². The number of carbonyl (C=O) groups excluding carboxylic acids is 1. The molecule has 0 atom stereocenters. The lowest BCUT2D eigenvalue weighted by Crippen LogP contribution is -2.45. The van der Waals surface area contributed by atoms with Gasteiger partial charge in [-0.2, -0.15) is 13.2 Å². The molecule has 1 aliphatic heterocycles. The number of hydrogen-bond acceptors (Lipinski definition) is 5. The van der Waals surface area contributed by atoms with Crippen molar-refractivity contribution < 1.29 is 33.0 Å². The second kappa shape index (κ2) is 10.4. The highest BCUT2D eigenvalue weighted by Gasteiger charge is 2.38. The van der Waals surface area contributed by atoms with Crippen molar-refractivity contribution in [2.45, 2.75) is 37.6 Å². The molecule has 1 heterocycles. The minimum atomic E-state index is -5.08. The van der Waals surface area contributed by atoms with Crippen molar-refractivity contribution in [2.75, 3.05) is 18.8 Å². The third-order valence-corrected chi connectivity index (χ3v) is 5.00. The van der Waals surface area contributed by atoms with Crippen LogP contribution in [0.5, 0.6) is 0 Å². The van der Waals surface area contributed by atoms with Gasteiger partial charge in [0.25, 0.3) is 0 Å². The number of carboxylic acid groups (broad SMARTS) is 1. The summed E-state index contributed by atoms with van der Waals surface area (Å²) in [5.74, 6) is -2.78.